The summed E-state index contributed by atoms with van der Waals surface area (Å²) in [6.07, 6.45) is 2.20. The Morgan fingerprint density at radius 1 is 1.45 bits per heavy atom. The van der Waals surface area contributed by atoms with E-state index in [0.29, 0.717) is 12.5 Å². The molecule has 2 aliphatic rings. The van der Waals surface area contributed by atoms with Crippen LogP contribution in [0.3, 0.4) is 0 Å². The molecule has 1 fully saturated rings. The van der Waals surface area contributed by atoms with Gasteiger partial charge in [-0.2, -0.15) is 0 Å². The van der Waals surface area contributed by atoms with E-state index in [1.54, 1.807) is 0 Å². The Balaban J connectivity index is 1.56. The van der Waals surface area contributed by atoms with Crippen molar-refractivity contribution in [1.29, 1.82) is 0 Å². The van der Waals surface area contributed by atoms with E-state index in [2.05, 4.69) is 34.9 Å². The van der Waals surface area contributed by atoms with Crippen LogP contribution >= 0.6 is 0 Å². The molecule has 2 N–H and O–H groups in total. The zero-order valence-corrected chi connectivity index (χ0v) is 11.9. The first-order valence-electron chi connectivity index (χ1n) is 7.46. The topological polar surface area (TPSA) is 50.4 Å². The predicted octanol–water partition coefficient (Wildman–Crippen LogP) is 1.21. The lowest BCUT2D eigenvalue weighted by Crippen LogP contribution is -2.55. The molecule has 1 saturated heterocycles. The molecule has 1 aromatic rings. The zero-order valence-electron chi connectivity index (χ0n) is 11.9. The van der Waals surface area contributed by atoms with E-state index in [0.717, 1.165) is 25.9 Å². The SMILES string of the molecule is C[C@H]1OCCN[C@@H]1C(=O)NCC1CCc2ccccc21. The van der Waals surface area contributed by atoms with Crippen molar-refractivity contribution in [3.8, 4) is 0 Å². The highest BCUT2D eigenvalue weighted by atomic mass is 16.5. The molecule has 20 heavy (non-hydrogen) atoms. The molecule has 1 unspecified atom stereocenters. The van der Waals surface area contributed by atoms with Gasteiger partial charge in [-0.3, -0.25) is 4.79 Å². The number of hydrogen-bond acceptors (Lipinski definition) is 3. The molecule has 0 radical (unpaired) electrons. The molecule has 4 heteroatoms. The highest BCUT2D eigenvalue weighted by Crippen LogP contribution is 2.32. The van der Waals surface area contributed by atoms with Crippen LogP contribution in [-0.4, -0.2) is 37.7 Å². The van der Waals surface area contributed by atoms with Crippen LogP contribution in [0.5, 0.6) is 0 Å². The molecule has 1 heterocycles. The van der Waals surface area contributed by atoms with Crippen LogP contribution in [0.15, 0.2) is 24.3 Å². The first-order valence-corrected chi connectivity index (χ1v) is 7.46. The molecule has 1 aliphatic carbocycles. The Kier molecular flexibility index (Phi) is 4.03. The molecular weight excluding hydrogens is 252 g/mol. The quantitative estimate of drug-likeness (QED) is 0.871. The third kappa shape index (κ3) is 2.72. The van der Waals surface area contributed by atoms with E-state index in [1.807, 2.05) is 6.92 Å². The third-order valence-corrected chi connectivity index (χ3v) is 4.38. The third-order valence-electron chi connectivity index (χ3n) is 4.38. The minimum atomic E-state index is -0.222. The van der Waals surface area contributed by atoms with E-state index >= 15 is 0 Å². The smallest absolute Gasteiger partial charge is 0.239 e. The maximum Gasteiger partial charge on any atom is 0.239 e. The van der Waals surface area contributed by atoms with Crippen LogP contribution in [0.2, 0.25) is 0 Å². The monoisotopic (exact) mass is 274 g/mol. The van der Waals surface area contributed by atoms with Crippen LogP contribution in [0.4, 0.5) is 0 Å². The second-order valence-corrected chi connectivity index (χ2v) is 5.69. The van der Waals surface area contributed by atoms with Gasteiger partial charge in [0.1, 0.15) is 6.04 Å². The van der Waals surface area contributed by atoms with Gasteiger partial charge in [-0.15, -0.1) is 0 Å². The molecule has 1 amide bonds. The van der Waals surface area contributed by atoms with Crippen molar-refractivity contribution in [3.05, 3.63) is 35.4 Å². The van der Waals surface area contributed by atoms with Crippen molar-refractivity contribution in [2.75, 3.05) is 19.7 Å². The van der Waals surface area contributed by atoms with E-state index < -0.39 is 0 Å². The fourth-order valence-electron chi connectivity index (χ4n) is 3.22. The lowest BCUT2D eigenvalue weighted by molar-refractivity contribution is -0.129. The maximum atomic E-state index is 12.2. The van der Waals surface area contributed by atoms with Crippen molar-refractivity contribution in [2.45, 2.75) is 37.8 Å². The largest absolute Gasteiger partial charge is 0.375 e. The molecule has 0 aromatic heterocycles. The normalized spacial score (nSPS) is 28.9. The molecular formula is C16H22N2O2. The number of benzene rings is 1. The van der Waals surface area contributed by atoms with Gasteiger partial charge >= 0.3 is 0 Å². The predicted molar refractivity (Wildman–Crippen MR) is 77.7 cm³/mol. The summed E-state index contributed by atoms with van der Waals surface area (Å²) in [7, 11) is 0. The van der Waals surface area contributed by atoms with Crippen molar-refractivity contribution < 1.29 is 9.53 Å². The molecule has 0 bridgehead atoms. The van der Waals surface area contributed by atoms with Crippen LogP contribution in [0.1, 0.15) is 30.4 Å². The number of aryl methyl sites for hydroxylation is 1. The van der Waals surface area contributed by atoms with Crippen molar-refractivity contribution in [2.24, 2.45) is 0 Å². The lowest BCUT2D eigenvalue weighted by Gasteiger charge is -2.29. The van der Waals surface area contributed by atoms with Gasteiger partial charge in [0.25, 0.3) is 0 Å². The summed E-state index contributed by atoms with van der Waals surface area (Å²) < 4.78 is 5.52. The van der Waals surface area contributed by atoms with E-state index in [1.165, 1.54) is 11.1 Å². The molecule has 4 nitrogen and oxygen atoms in total. The van der Waals surface area contributed by atoms with Gasteiger partial charge in [-0.1, -0.05) is 24.3 Å². The summed E-state index contributed by atoms with van der Waals surface area (Å²) in [6.45, 7) is 4.09. The number of amides is 1. The molecule has 1 aliphatic heterocycles. The maximum absolute atomic E-state index is 12.2. The van der Waals surface area contributed by atoms with Gasteiger partial charge in [0.2, 0.25) is 5.91 Å². The second kappa shape index (κ2) is 5.94. The number of carbonyl (C=O) groups is 1. The standard InChI is InChI=1S/C16H22N2O2/c1-11-15(17-8-9-20-11)16(19)18-10-13-7-6-12-4-2-3-5-14(12)13/h2-5,11,13,15,17H,6-10H2,1H3,(H,18,19)/t11-,13?,15+/m1/s1. The van der Waals surface area contributed by atoms with Crippen LogP contribution in [0.25, 0.3) is 0 Å². The van der Waals surface area contributed by atoms with Gasteiger partial charge in [0.05, 0.1) is 12.7 Å². The summed E-state index contributed by atoms with van der Waals surface area (Å²) >= 11 is 0. The summed E-state index contributed by atoms with van der Waals surface area (Å²) in [5.74, 6) is 0.511. The van der Waals surface area contributed by atoms with Gasteiger partial charge in [0, 0.05) is 19.0 Å². The summed E-state index contributed by atoms with van der Waals surface area (Å²) in [4.78, 5) is 12.2. The molecule has 1 aromatic carbocycles. The Hall–Kier alpha value is -1.39. The minimum Gasteiger partial charge on any atom is -0.375 e. The van der Waals surface area contributed by atoms with Crippen molar-refractivity contribution in [3.63, 3.8) is 0 Å². The Morgan fingerprint density at radius 3 is 3.15 bits per heavy atom. The average molecular weight is 274 g/mol. The Labute approximate surface area is 119 Å². The molecule has 3 rings (SSSR count). The van der Waals surface area contributed by atoms with E-state index in [9.17, 15) is 4.79 Å². The molecule has 0 saturated carbocycles. The van der Waals surface area contributed by atoms with Gasteiger partial charge in [-0.05, 0) is 30.9 Å². The Bertz CT molecular complexity index is 489. The van der Waals surface area contributed by atoms with E-state index in [4.69, 9.17) is 4.74 Å². The number of nitrogens with one attached hydrogen (secondary N) is 2. The molecule has 0 spiro atoms. The number of carbonyl (C=O) groups excluding carboxylic acids is 1. The van der Waals surface area contributed by atoms with Gasteiger partial charge < -0.3 is 15.4 Å². The zero-order chi connectivity index (χ0) is 13.9. The molecule has 108 valence electrons. The van der Waals surface area contributed by atoms with Crippen molar-refractivity contribution in [1.82, 2.24) is 10.6 Å². The van der Waals surface area contributed by atoms with Crippen LogP contribution in [-0.2, 0) is 16.0 Å². The minimum absolute atomic E-state index is 0.0559. The summed E-state index contributed by atoms with van der Waals surface area (Å²) in [5, 5.41) is 6.31. The number of fused-ring (bicyclic) bond motifs is 1. The van der Waals surface area contributed by atoms with Crippen molar-refractivity contribution >= 4 is 5.91 Å². The number of rotatable bonds is 3. The lowest BCUT2D eigenvalue weighted by atomic mass is 10.0. The van der Waals surface area contributed by atoms with Gasteiger partial charge in [0.15, 0.2) is 0 Å². The highest BCUT2D eigenvalue weighted by molar-refractivity contribution is 5.82. The van der Waals surface area contributed by atoms with Crippen LogP contribution < -0.4 is 10.6 Å². The number of ether oxygens (including phenoxy) is 1. The summed E-state index contributed by atoms with van der Waals surface area (Å²) in [5.41, 5.74) is 2.83. The fourth-order valence-corrected chi connectivity index (χ4v) is 3.22. The second-order valence-electron chi connectivity index (χ2n) is 5.69. The van der Waals surface area contributed by atoms with Crippen LogP contribution in [0, 0.1) is 0 Å². The van der Waals surface area contributed by atoms with Gasteiger partial charge in [-0.25, -0.2) is 0 Å². The number of morpholine rings is 1. The van der Waals surface area contributed by atoms with E-state index in [-0.39, 0.29) is 18.1 Å². The highest BCUT2D eigenvalue weighted by Gasteiger charge is 2.29. The number of hydrogen-bond donors (Lipinski definition) is 2. The average Bonchev–Trinajstić information content (AvgIpc) is 2.88. The first kappa shape index (κ1) is 13.6. The molecule has 3 atom stereocenters. The first-order chi connectivity index (χ1) is 9.75. The Morgan fingerprint density at radius 2 is 2.30 bits per heavy atom. The fraction of sp³-hybridized carbons (Fsp3) is 0.562. The summed E-state index contributed by atoms with van der Waals surface area (Å²) in [6, 6.07) is 8.32.